The van der Waals surface area contributed by atoms with Gasteiger partial charge >= 0.3 is 71.1 Å². The van der Waals surface area contributed by atoms with Crippen LogP contribution in [0.2, 0.25) is 0 Å². The molecule has 28 heteroatoms. The number of anilines is 1. The second kappa shape index (κ2) is 15.3. The van der Waals surface area contributed by atoms with Gasteiger partial charge in [0.05, 0.1) is 37.2 Å². The smallest absolute Gasteiger partial charge is 0.744 e. The normalized spacial score (nSPS) is 14.7. The number of H-pyrrole nitrogens is 1. The molecule has 0 fully saturated rings. The molecule has 2 heterocycles. The van der Waals surface area contributed by atoms with Crippen molar-refractivity contribution in [2.45, 2.75) is 19.6 Å². The first kappa shape index (κ1) is 43.8. The summed E-state index contributed by atoms with van der Waals surface area (Å²) in [5, 5.41) is 24.6. The fourth-order valence-electron chi connectivity index (χ4n) is 4.14. The molecule has 1 aliphatic heterocycles. The molecule has 4 rings (SSSR count). The molecule has 1 aliphatic rings. The number of hydrogen-bond donors (Lipinski definition) is 5. The molecule has 0 saturated carbocycles. The summed E-state index contributed by atoms with van der Waals surface area (Å²) in [5.41, 5.74) is -7.56. The van der Waals surface area contributed by atoms with Gasteiger partial charge in [0.25, 0.3) is 31.7 Å². The third-order valence-electron chi connectivity index (χ3n) is 6.21. The fraction of sp³-hybridized carbons (Fsp3) is 0. The van der Waals surface area contributed by atoms with Crippen LogP contribution in [0.1, 0.15) is 16.1 Å². The van der Waals surface area contributed by atoms with E-state index in [1.54, 1.807) is 0 Å². The Balaban J connectivity index is 0.00000451. The number of carbonyl (C=O) groups is 3. The van der Waals surface area contributed by atoms with Crippen LogP contribution >= 0.6 is 0 Å². The molecule has 0 bridgehead atoms. The van der Waals surface area contributed by atoms with Gasteiger partial charge in [0.1, 0.15) is 25.1 Å². The van der Waals surface area contributed by atoms with Crippen LogP contribution in [0.5, 0.6) is 0 Å². The standard InChI is InChI=1S/C23H16N4O18S4.2Na/c28-20-12(18(22(30)31)24-26(20)14-8-10(46(34,35)36)4-6-16(14)48(40,41)42)2-1-3-13-19(23(32)33)25-27(21(13)29)15-9-11(47(37,38)39)5-7-17(15)49(43,44)45;;/h1-9,24H,(H,30,31)(H,32,33)(H,34,35,36)(H,37,38,39)(H,40,41,42)(H,43,44,45);;/q;2*+1/p-2. The van der Waals surface area contributed by atoms with Crippen molar-refractivity contribution in [3.8, 4) is 5.69 Å². The number of aromatic nitrogens is 2. The number of aliphatic carboxylic acids is 1. The SMILES string of the molecule is O=C(O)C1=NN(c2cc(S(=O)(=O)[O-])ccc2S(=O)(=O)[O-])C(=O)C1=CC=Cc1c(C(=O)O)[nH]n(-c2cc(S(=O)(=O)O)ccc2S(=O)(=O)O)c1=O.[Na+].[Na+]. The van der Waals surface area contributed by atoms with Crippen LogP contribution in [-0.2, 0) is 50.1 Å². The average molecular weight is 809 g/mol. The minimum Gasteiger partial charge on any atom is -0.744 e. The van der Waals surface area contributed by atoms with Crippen LogP contribution in [0.15, 0.2) is 83.6 Å². The molecule has 3 aromatic rings. The van der Waals surface area contributed by atoms with E-state index in [-0.39, 0.29) is 74.9 Å². The Morgan fingerprint density at radius 1 is 0.765 bits per heavy atom. The number of carbonyl (C=O) groups excluding carboxylic acids is 1. The Labute approximate surface area is 329 Å². The van der Waals surface area contributed by atoms with E-state index >= 15 is 0 Å². The van der Waals surface area contributed by atoms with Gasteiger partial charge in [-0.15, -0.1) is 0 Å². The maximum atomic E-state index is 13.2. The molecule has 0 atom stereocenters. The summed E-state index contributed by atoms with van der Waals surface area (Å²) < 4.78 is 136. The first-order valence-electron chi connectivity index (χ1n) is 12.1. The number of hydrogen-bond acceptors (Lipinski definition) is 15. The number of hydrazone groups is 1. The summed E-state index contributed by atoms with van der Waals surface area (Å²) in [6, 6.07) is 2.46. The predicted octanol–water partition coefficient (Wildman–Crippen LogP) is -7.40. The van der Waals surface area contributed by atoms with Crippen LogP contribution in [-0.4, -0.2) is 95.4 Å². The van der Waals surface area contributed by atoms with Crippen molar-refractivity contribution in [3.05, 3.63) is 75.7 Å². The van der Waals surface area contributed by atoms with Crippen molar-refractivity contribution >= 4 is 75.8 Å². The third kappa shape index (κ3) is 9.18. The van der Waals surface area contributed by atoms with Gasteiger partial charge in [-0.25, -0.2) is 31.1 Å². The van der Waals surface area contributed by atoms with Crippen LogP contribution < -0.4 is 69.7 Å². The number of nitrogens with zero attached hydrogens (tertiary/aromatic N) is 3. The van der Waals surface area contributed by atoms with Crippen LogP contribution in [0, 0.1) is 0 Å². The minimum atomic E-state index is -5.51. The third-order valence-corrected chi connectivity index (χ3v) is 9.68. The monoisotopic (exact) mass is 808 g/mol. The molecule has 51 heavy (non-hydrogen) atoms. The first-order valence-corrected chi connectivity index (χ1v) is 17.8. The van der Waals surface area contributed by atoms with Gasteiger partial charge in [0.15, 0.2) is 11.4 Å². The fourth-order valence-corrected chi connectivity index (χ4v) is 6.43. The maximum absolute atomic E-state index is 13.2. The Bertz CT molecular complexity index is 2610. The Hall–Kier alpha value is -3.35. The number of aromatic carboxylic acids is 1. The molecule has 2 aromatic carbocycles. The molecule has 1 amide bonds. The van der Waals surface area contributed by atoms with E-state index in [9.17, 15) is 81.3 Å². The topological polar surface area (TPSA) is 368 Å². The van der Waals surface area contributed by atoms with E-state index in [2.05, 4.69) is 5.10 Å². The Morgan fingerprint density at radius 2 is 1.31 bits per heavy atom. The van der Waals surface area contributed by atoms with Crippen molar-refractivity contribution in [1.82, 2.24) is 9.78 Å². The van der Waals surface area contributed by atoms with Crippen LogP contribution in [0.3, 0.4) is 0 Å². The number of aromatic amines is 1. The van der Waals surface area contributed by atoms with E-state index < -0.39 is 117 Å². The number of benzene rings is 2. The summed E-state index contributed by atoms with van der Waals surface area (Å²) >= 11 is 0. The van der Waals surface area contributed by atoms with Gasteiger partial charge in [0, 0.05) is 0 Å². The van der Waals surface area contributed by atoms with Crippen molar-refractivity contribution in [2.24, 2.45) is 5.10 Å². The summed E-state index contributed by atoms with van der Waals surface area (Å²) in [6.07, 6.45) is 1.90. The molecule has 0 radical (unpaired) electrons. The van der Waals surface area contributed by atoms with Gasteiger partial charge in [-0.05, 0) is 48.6 Å². The zero-order valence-corrected chi connectivity index (χ0v) is 32.4. The molecule has 0 spiro atoms. The first-order chi connectivity index (χ1) is 22.3. The Kier molecular flexibility index (Phi) is 13.2. The Morgan fingerprint density at radius 3 is 1.80 bits per heavy atom. The van der Waals surface area contributed by atoms with Crippen LogP contribution in [0.25, 0.3) is 11.8 Å². The molecule has 0 saturated heterocycles. The van der Waals surface area contributed by atoms with Crippen LogP contribution in [0.4, 0.5) is 5.69 Å². The van der Waals surface area contributed by atoms with Gasteiger partial charge in [-0.2, -0.15) is 26.9 Å². The predicted molar refractivity (Wildman–Crippen MR) is 155 cm³/mol. The molecular weight excluding hydrogens is 795 g/mol. The number of rotatable bonds is 10. The zero-order chi connectivity index (χ0) is 37.0. The molecule has 5 N–H and O–H groups in total. The summed E-state index contributed by atoms with van der Waals surface area (Å²) in [5.74, 6) is -5.38. The van der Waals surface area contributed by atoms with Gasteiger partial charge in [0.2, 0.25) is 0 Å². The van der Waals surface area contributed by atoms with E-state index in [1.807, 2.05) is 5.10 Å². The molecule has 0 unspecified atom stereocenters. The number of carboxylic acid groups (broad SMARTS) is 2. The maximum Gasteiger partial charge on any atom is 1.00 e. The molecule has 1 aromatic heterocycles. The van der Waals surface area contributed by atoms with E-state index in [0.29, 0.717) is 48.6 Å². The van der Waals surface area contributed by atoms with Crippen molar-refractivity contribution in [3.63, 3.8) is 0 Å². The van der Waals surface area contributed by atoms with E-state index in [4.69, 9.17) is 0 Å². The summed E-state index contributed by atoms with van der Waals surface area (Å²) in [7, 11) is -21.1. The second-order valence-corrected chi connectivity index (χ2v) is 14.8. The van der Waals surface area contributed by atoms with E-state index in [1.165, 1.54) is 0 Å². The number of amides is 1. The van der Waals surface area contributed by atoms with E-state index in [0.717, 1.165) is 0 Å². The van der Waals surface area contributed by atoms with Gasteiger partial charge in [-0.3, -0.25) is 23.8 Å². The number of carboxylic acids is 2. The van der Waals surface area contributed by atoms with Gasteiger partial charge < -0.3 is 19.3 Å². The number of nitrogens with one attached hydrogen (secondary N) is 1. The minimum absolute atomic E-state index is 0. The second-order valence-electron chi connectivity index (χ2n) is 9.27. The van der Waals surface area contributed by atoms with Gasteiger partial charge in [-0.1, -0.05) is 6.08 Å². The van der Waals surface area contributed by atoms with Crippen molar-refractivity contribution in [2.75, 3.05) is 5.01 Å². The molecular formula is C23H14N4Na2O18S4. The summed E-state index contributed by atoms with van der Waals surface area (Å²) in [4.78, 5) is 45.7. The van der Waals surface area contributed by atoms with Crippen molar-refractivity contribution in [1.29, 1.82) is 0 Å². The average Bonchev–Trinajstić information content (AvgIpc) is 3.47. The molecule has 0 aliphatic carbocycles. The summed E-state index contributed by atoms with van der Waals surface area (Å²) in [6.45, 7) is 0. The zero-order valence-electron chi connectivity index (χ0n) is 25.2. The van der Waals surface area contributed by atoms with Crippen molar-refractivity contribution < 1.29 is 136 Å². The largest absolute Gasteiger partial charge is 1.00 e. The quantitative estimate of drug-likeness (QED) is 0.0721. The number of allylic oxidation sites excluding steroid dienone is 2. The molecule has 260 valence electrons. The molecule has 22 nitrogen and oxygen atoms in total.